The summed E-state index contributed by atoms with van der Waals surface area (Å²) in [5, 5.41) is 0. The van der Waals surface area contributed by atoms with E-state index in [2.05, 4.69) is 328 Å². The van der Waals surface area contributed by atoms with Gasteiger partial charge in [0.05, 0.1) is 0 Å². The van der Waals surface area contributed by atoms with Crippen molar-refractivity contribution in [3.8, 4) is 180 Å². The molecule has 0 atom stereocenters. The Balaban J connectivity index is 0.000000148. The van der Waals surface area contributed by atoms with Gasteiger partial charge in [-0.2, -0.15) is 0 Å². The van der Waals surface area contributed by atoms with E-state index in [9.17, 15) is 0 Å². The van der Waals surface area contributed by atoms with E-state index in [1.165, 1.54) is 159 Å². The SMILES string of the molecule is c1ccc(-c2ccc(-c3nc(-c4ccccc4)nc(-c4ccc(-c5cccc(-c6cccc(-c7cccc8c7C7(CCCCC7)c7ccccc7-8)c6)c5)cc4)n3)cc2)cc1.c1ccc(-c2ccc(-c3nc(-c4ccccc4)nc(-c4cccc(-c5ccc(-c6ccc(-c7cccc8c7C7(CCCCC7)c7ccccc7-8)cc6)cc5)c4)n3)cc2)cc1. The number of hydrogen-bond donors (Lipinski definition) is 0. The average molecular weight is 1540 g/mol. The van der Waals surface area contributed by atoms with Crippen molar-refractivity contribution in [2.24, 2.45) is 0 Å². The fourth-order valence-corrected chi connectivity index (χ4v) is 19.6. The van der Waals surface area contributed by atoms with Gasteiger partial charge in [-0.3, -0.25) is 0 Å². The molecule has 4 aliphatic carbocycles. The van der Waals surface area contributed by atoms with Crippen LogP contribution < -0.4 is 0 Å². The molecule has 6 nitrogen and oxygen atoms in total. The predicted octanol–water partition coefficient (Wildman–Crippen LogP) is 29.5. The molecule has 2 saturated carbocycles. The molecular weight excluding hydrogens is 1450 g/mol. The topological polar surface area (TPSA) is 77.3 Å². The zero-order valence-corrected chi connectivity index (χ0v) is 66.9. The first kappa shape index (κ1) is 73.2. The Bertz CT molecular complexity index is 6770. The van der Waals surface area contributed by atoms with E-state index < -0.39 is 0 Å². The molecule has 18 aromatic rings. The van der Waals surface area contributed by atoms with Gasteiger partial charge in [0.25, 0.3) is 0 Å². The second-order valence-corrected chi connectivity index (χ2v) is 32.5. The van der Waals surface area contributed by atoms with Crippen molar-refractivity contribution < 1.29 is 0 Å². The van der Waals surface area contributed by atoms with E-state index in [1.807, 2.05) is 72.8 Å². The highest BCUT2D eigenvalue weighted by molar-refractivity contribution is 5.92. The standard InChI is InChI=1S/2C57H43N3/c1-4-15-39(16-5-1)40-27-31-43(32-28-40)55-58-54(42-17-6-2-7-18-42)59-56(60-55)44-33-29-41(30-34-44)45-19-12-20-46(37-45)47-21-13-22-48(38-47)49-24-14-25-51-50-23-8-9-26-52(50)57(53(49)51)35-10-3-11-36-57;1-4-14-39(15-5-1)40-30-34-46(35-31-40)55-58-54(45-16-6-2-7-17-45)59-56(60-55)48-19-12-18-47(38-48)43-26-24-41(25-27-43)42-28-32-44(33-29-42)49-21-13-22-51-50-20-8-9-23-52(50)57(53(49)51)36-10-3-11-37-57/h1-2,4-9,12-34,37-38H,3,10-11,35-36H2;1-2,4-9,12-35,38H,3,10-11,36-37H2. The summed E-state index contributed by atoms with van der Waals surface area (Å²) >= 11 is 0. The monoisotopic (exact) mass is 1540 g/mol. The molecule has 0 saturated heterocycles. The Labute approximate surface area is 702 Å². The maximum atomic E-state index is 5.05. The molecule has 0 bridgehead atoms. The first-order valence-electron chi connectivity index (χ1n) is 42.5. The fourth-order valence-electron chi connectivity index (χ4n) is 19.6. The molecule has 22 rings (SSSR count). The number of benzene rings is 16. The molecule has 2 heterocycles. The van der Waals surface area contributed by atoms with Gasteiger partial charge in [-0.25, -0.2) is 29.9 Å². The first-order chi connectivity index (χ1) is 59.4. The molecule has 0 radical (unpaired) electrons. The molecule has 6 heteroatoms. The van der Waals surface area contributed by atoms with Gasteiger partial charge in [-0.05, 0) is 177 Å². The van der Waals surface area contributed by atoms with E-state index >= 15 is 0 Å². The molecule has 2 spiro atoms. The summed E-state index contributed by atoms with van der Waals surface area (Å²) in [6.45, 7) is 0. The smallest absolute Gasteiger partial charge is 0.164 e. The average Bonchev–Trinajstić information content (AvgIpc) is 1.55. The third-order valence-corrected chi connectivity index (χ3v) is 25.5. The summed E-state index contributed by atoms with van der Waals surface area (Å²) in [4.78, 5) is 30.0. The number of nitrogens with zero attached hydrogens (tertiary/aromatic N) is 6. The maximum Gasteiger partial charge on any atom is 0.164 e. The van der Waals surface area contributed by atoms with Gasteiger partial charge >= 0.3 is 0 Å². The van der Waals surface area contributed by atoms with Gasteiger partial charge in [0.15, 0.2) is 34.9 Å². The van der Waals surface area contributed by atoms with Crippen molar-refractivity contribution in [3.63, 3.8) is 0 Å². The summed E-state index contributed by atoms with van der Waals surface area (Å²) in [5.74, 6) is 3.89. The van der Waals surface area contributed by atoms with Crippen LogP contribution in [0.2, 0.25) is 0 Å². The Morgan fingerprint density at radius 2 is 0.350 bits per heavy atom. The molecule has 0 N–H and O–H groups in total. The van der Waals surface area contributed by atoms with Crippen LogP contribution in [0.5, 0.6) is 0 Å². The summed E-state index contributed by atoms with van der Waals surface area (Å²) in [7, 11) is 0. The number of aromatic nitrogens is 6. The highest BCUT2D eigenvalue weighted by Crippen LogP contribution is 2.60. The zero-order chi connectivity index (χ0) is 79.8. The van der Waals surface area contributed by atoms with Crippen LogP contribution >= 0.6 is 0 Å². The maximum absolute atomic E-state index is 5.05. The molecule has 572 valence electrons. The van der Waals surface area contributed by atoms with Crippen molar-refractivity contribution in [1.29, 1.82) is 0 Å². The minimum absolute atomic E-state index is 0.100. The van der Waals surface area contributed by atoms with Crippen LogP contribution in [0.4, 0.5) is 0 Å². The Morgan fingerprint density at radius 3 is 0.717 bits per heavy atom. The minimum atomic E-state index is 0.100. The second-order valence-electron chi connectivity index (χ2n) is 32.5. The summed E-state index contributed by atoms with van der Waals surface area (Å²) < 4.78 is 0. The highest BCUT2D eigenvalue weighted by atomic mass is 15.0. The summed E-state index contributed by atoms with van der Waals surface area (Å²) in [5.41, 5.74) is 37.2. The van der Waals surface area contributed by atoms with E-state index in [1.54, 1.807) is 11.1 Å². The van der Waals surface area contributed by atoms with Crippen LogP contribution in [0.3, 0.4) is 0 Å². The number of hydrogen-bond acceptors (Lipinski definition) is 6. The quantitative estimate of drug-likeness (QED) is 0.108. The summed E-state index contributed by atoms with van der Waals surface area (Å²) in [6, 6.07) is 144. The third kappa shape index (κ3) is 13.9. The van der Waals surface area contributed by atoms with Crippen LogP contribution in [0, 0.1) is 0 Å². The van der Waals surface area contributed by atoms with Gasteiger partial charge in [-0.15, -0.1) is 0 Å². The minimum Gasteiger partial charge on any atom is -0.208 e. The predicted molar refractivity (Wildman–Crippen MR) is 494 cm³/mol. The van der Waals surface area contributed by atoms with E-state index in [-0.39, 0.29) is 10.8 Å². The Kier molecular flexibility index (Phi) is 19.4. The van der Waals surface area contributed by atoms with Crippen molar-refractivity contribution in [3.05, 3.63) is 423 Å². The molecule has 120 heavy (non-hydrogen) atoms. The third-order valence-electron chi connectivity index (χ3n) is 25.5. The van der Waals surface area contributed by atoms with Gasteiger partial charge < -0.3 is 0 Å². The van der Waals surface area contributed by atoms with Crippen LogP contribution in [-0.4, -0.2) is 29.9 Å². The lowest BCUT2D eigenvalue weighted by atomic mass is 9.66. The van der Waals surface area contributed by atoms with Gasteiger partial charge in [0.2, 0.25) is 0 Å². The summed E-state index contributed by atoms with van der Waals surface area (Å²) in [6.07, 6.45) is 12.7. The van der Waals surface area contributed by atoms with Crippen LogP contribution in [0.15, 0.2) is 400 Å². The number of fused-ring (bicyclic) bond motifs is 10. The van der Waals surface area contributed by atoms with Crippen molar-refractivity contribution >= 4 is 0 Å². The lowest BCUT2D eigenvalue weighted by Gasteiger charge is -2.37. The Morgan fingerprint density at radius 1 is 0.142 bits per heavy atom. The van der Waals surface area contributed by atoms with Crippen molar-refractivity contribution in [1.82, 2.24) is 29.9 Å². The highest BCUT2D eigenvalue weighted by Gasteiger charge is 2.47. The zero-order valence-electron chi connectivity index (χ0n) is 66.9. The van der Waals surface area contributed by atoms with E-state index in [0.29, 0.717) is 34.9 Å². The number of rotatable bonds is 14. The molecule has 2 fully saturated rings. The second kappa shape index (κ2) is 31.9. The van der Waals surface area contributed by atoms with Crippen LogP contribution in [-0.2, 0) is 10.8 Å². The van der Waals surface area contributed by atoms with Gasteiger partial charge in [0.1, 0.15) is 0 Å². The fraction of sp³-hybridized carbons (Fsp3) is 0.105. The molecule has 2 aromatic heterocycles. The van der Waals surface area contributed by atoms with Crippen LogP contribution in [0.25, 0.3) is 180 Å². The molecule has 16 aromatic carbocycles. The van der Waals surface area contributed by atoms with Gasteiger partial charge in [0, 0.05) is 44.2 Å². The van der Waals surface area contributed by atoms with Crippen molar-refractivity contribution in [2.75, 3.05) is 0 Å². The van der Waals surface area contributed by atoms with Crippen LogP contribution in [0.1, 0.15) is 86.5 Å². The molecule has 0 unspecified atom stereocenters. The molecule has 0 amide bonds. The Hall–Kier alpha value is -14.5. The van der Waals surface area contributed by atoms with Crippen molar-refractivity contribution in [2.45, 2.75) is 75.0 Å². The normalized spacial score (nSPS) is 13.8. The molecule has 0 aliphatic heterocycles. The lowest BCUT2D eigenvalue weighted by Crippen LogP contribution is -2.28. The van der Waals surface area contributed by atoms with E-state index in [4.69, 9.17) is 29.9 Å². The lowest BCUT2D eigenvalue weighted by molar-refractivity contribution is 0.353. The molecule has 4 aliphatic rings. The van der Waals surface area contributed by atoms with Gasteiger partial charge in [-0.1, -0.05) is 421 Å². The first-order valence-corrected chi connectivity index (χ1v) is 42.5. The van der Waals surface area contributed by atoms with E-state index in [0.717, 1.165) is 61.2 Å². The largest absolute Gasteiger partial charge is 0.208 e. The molecular formula is C114H86N6.